The monoisotopic (exact) mass is 1070 g/mol. The molecule has 12 aliphatic carbocycles. The van der Waals surface area contributed by atoms with E-state index in [-0.39, 0.29) is 0 Å². The Morgan fingerprint density at radius 1 is 0.303 bits per heavy atom. The Labute approximate surface area is 479 Å². The van der Waals surface area contributed by atoms with E-state index >= 15 is 0 Å². The number of hydrogen-bond acceptors (Lipinski definition) is 3. The summed E-state index contributed by atoms with van der Waals surface area (Å²) in [5.41, 5.74) is 0.947. The van der Waals surface area contributed by atoms with Crippen molar-refractivity contribution >= 4 is 30.2 Å². The molecule has 0 spiro atoms. The Morgan fingerprint density at radius 2 is 0.711 bits per heavy atom. The number of thioether (sulfide) groups is 2. The summed E-state index contributed by atoms with van der Waals surface area (Å²) >= 11 is 5.47. The summed E-state index contributed by atoms with van der Waals surface area (Å²) in [5.74, 6) is 19.9. The zero-order valence-electron chi connectivity index (χ0n) is 50.7. The fraction of sp³-hybridized carbons (Fsp3) is 1.00. The molecule has 12 saturated carbocycles. The van der Waals surface area contributed by atoms with Crippen molar-refractivity contribution in [1.82, 2.24) is 4.90 Å². The van der Waals surface area contributed by atoms with E-state index in [1.807, 2.05) is 0 Å². The molecule has 14 aliphatic rings. The molecule has 0 aromatic carbocycles. The molecule has 0 bridgehead atoms. The van der Waals surface area contributed by atoms with Gasteiger partial charge in [-0.1, -0.05) is 151 Å². The van der Waals surface area contributed by atoms with Crippen LogP contribution in [0.1, 0.15) is 286 Å². The second kappa shape index (κ2) is 22.6. The van der Waals surface area contributed by atoms with Gasteiger partial charge in [0.25, 0.3) is 0 Å². The maximum atomic E-state index is 3.50. The molecule has 1 nitrogen and oxygen atoms in total. The second-order valence-corrected chi connectivity index (χ2v) is 37.6. The molecule has 76 heavy (non-hydrogen) atoms. The molecule has 2 saturated heterocycles. The molecule has 2 heterocycles. The fourth-order valence-corrected chi connectivity index (χ4v) is 30.2. The lowest BCUT2D eigenvalue weighted by Crippen LogP contribution is -2.62. The number of nitrogens with zero attached hydrogens (tertiary/aromatic N) is 1. The van der Waals surface area contributed by atoms with E-state index in [4.69, 9.17) is 0 Å². The van der Waals surface area contributed by atoms with E-state index in [1.165, 1.54) is 44.9 Å². The van der Waals surface area contributed by atoms with Crippen LogP contribution in [0.5, 0.6) is 0 Å². The minimum Gasteiger partial charge on any atom is -0.294 e. The molecule has 0 N–H and O–H groups in total. The van der Waals surface area contributed by atoms with Crippen molar-refractivity contribution in [1.29, 1.82) is 0 Å². The quantitative estimate of drug-likeness (QED) is 0.234. The maximum Gasteiger partial charge on any atom is 0.154 e. The van der Waals surface area contributed by atoms with E-state index in [9.17, 15) is 0 Å². The Bertz CT molecular complexity index is 1860. The summed E-state index contributed by atoms with van der Waals surface area (Å²) in [5, 5.41) is 3.86. The largest absolute Gasteiger partial charge is 0.294 e. The van der Waals surface area contributed by atoms with Crippen molar-refractivity contribution in [3.8, 4) is 0 Å². The van der Waals surface area contributed by atoms with Crippen molar-refractivity contribution < 1.29 is 0 Å². The molecule has 428 valence electrons. The van der Waals surface area contributed by atoms with Gasteiger partial charge in [0.1, 0.15) is 0 Å². The predicted octanol–water partition coefficient (Wildman–Crippen LogP) is 20.9. The molecular weight excluding hydrogens is 954 g/mol. The fourth-order valence-electron chi connectivity index (χ4n) is 25.8. The van der Waals surface area contributed by atoms with E-state index in [0.29, 0.717) is 10.8 Å². The first-order valence-electron chi connectivity index (χ1n) is 36.0. The Kier molecular flexibility index (Phi) is 16.3. The topological polar surface area (TPSA) is 3.24 Å². The van der Waals surface area contributed by atoms with Crippen LogP contribution in [0.25, 0.3) is 0 Å². The van der Waals surface area contributed by atoms with Gasteiger partial charge in [-0.15, -0.1) is 0 Å². The minimum atomic E-state index is 0.469. The minimum absolute atomic E-state index is 0.469. The molecule has 0 aromatic rings. The molecule has 14 rings (SSSR count). The highest BCUT2D eigenvalue weighted by Gasteiger charge is 2.64. The van der Waals surface area contributed by atoms with Crippen molar-refractivity contribution in [3.05, 3.63) is 0 Å². The summed E-state index contributed by atoms with van der Waals surface area (Å²) in [6.45, 7) is 17.0. The molecule has 0 amide bonds. The van der Waals surface area contributed by atoms with E-state index in [1.54, 1.807) is 199 Å². The molecule has 19 atom stereocenters. The SMILES string of the molecule is CC(C)(C)C1CC2CC[C@@H]3C[C@H](C(C)(C)C)C[C@@H]4C[C@H](C5CCC6SC7CC(N(C8CCC(C9CCCCC9)CC8)C8CCC(C9CCCCC9)CC8)CC8SC9CCC(C%10CCCCC%10)C[C@H]9B(C6C5)[C@@H]78)C(C1)C2C34. The third kappa shape index (κ3) is 10.6. The lowest BCUT2D eigenvalue weighted by Gasteiger charge is -2.65. The van der Waals surface area contributed by atoms with Crippen LogP contribution in [0.15, 0.2) is 0 Å². The van der Waals surface area contributed by atoms with Gasteiger partial charge in [0, 0.05) is 39.1 Å². The van der Waals surface area contributed by atoms with Gasteiger partial charge >= 0.3 is 0 Å². The molecule has 0 aromatic heterocycles. The first-order valence-corrected chi connectivity index (χ1v) is 37.9. The lowest BCUT2D eigenvalue weighted by atomic mass is 9.22. The van der Waals surface area contributed by atoms with Gasteiger partial charge in [-0.2, -0.15) is 23.5 Å². The molecule has 14 fully saturated rings. The standard InChI is InChI=1S/C72H120BNS2/c1-71(2,3)55-36-52-22-23-53-37-56(72(4,5)6)42-61-60(39-54(38-55)68(52)69(53)61)51-29-35-65-63(41-51)73-62-40-50(47-20-14-9-15-21-47)28-34-64(62)75-66-43-59(44-67(76-65)70(66)73)74(57-30-24-48(25-31-57)45-16-10-7-11-17-45)58-32-26-49(27-33-58)46-18-12-8-13-19-46/h45-70H,7-44H2,1-6H3/t48?,49?,50?,51?,52-,53?,54-,55+,56?,57?,58?,59?,60-,61?,62-,63?,64?,65?,66?,67?,68?,69?,70-/m1/s1. The van der Waals surface area contributed by atoms with E-state index in [0.717, 1.165) is 158 Å². The predicted molar refractivity (Wildman–Crippen MR) is 331 cm³/mol. The van der Waals surface area contributed by atoms with Crippen LogP contribution in [-0.4, -0.2) is 50.7 Å². The third-order valence-electron chi connectivity index (χ3n) is 29.4. The second-order valence-electron chi connectivity index (χ2n) is 34.6. The van der Waals surface area contributed by atoms with Gasteiger partial charge in [0.05, 0.1) is 0 Å². The smallest absolute Gasteiger partial charge is 0.154 e. The maximum absolute atomic E-state index is 3.50. The third-order valence-corrected chi connectivity index (χ3v) is 33.0. The summed E-state index contributed by atoms with van der Waals surface area (Å²) in [7, 11) is 0. The summed E-state index contributed by atoms with van der Waals surface area (Å²) in [6.07, 6.45) is 59.9. The van der Waals surface area contributed by atoms with Crippen LogP contribution in [0, 0.1) is 106 Å². The lowest BCUT2D eigenvalue weighted by molar-refractivity contribution is -0.151. The van der Waals surface area contributed by atoms with Crippen LogP contribution in [0.2, 0.25) is 17.5 Å². The van der Waals surface area contributed by atoms with Crippen LogP contribution >= 0.6 is 23.5 Å². The van der Waals surface area contributed by atoms with Crippen molar-refractivity contribution in [3.63, 3.8) is 0 Å². The van der Waals surface area contributed by atoms with Gasteiger partial charge in [-0.05, 0) is 258 Å². The van der Waals surface area contributed by atoms with Crippen LogP contribution in [-0.2, 0) is 0 Å². The number of rotatable bonds is 7. The summed E-state index contributed by atoms with van der Waals surface area (Å²) < 4.78 is 0. The Hall–Kier alpha value is 0.725. The number of hydrogen-bond donors (Lipinski definition) is 0. The van der Waals surface area contributed by atoms with Crippen molar-refractivity contribution in [2.75, 3.05) is 0 Å². The Balaban J connectivity index is 0.758. The normalized spacial score (nSPS) is 49.8. The van der Waals surface area contributed by atoms with Gasteiger partial charge in [0.15, 0.2) is 6.71 Å². The van der Waals surface area contributed by atoms with Crippen molar-refractivity contribution in [2.24, 2.45) is 106 Å². The zero-order valence-corrected chi connectivity index (χ0v) is 52.4. The highest BCUT2D eigenvalue weighted by Crippen LogP contribution is 2.71. The highest BCUT2D eigenvalue weighted by molar-refractivity contribution is 8.02. The first kappa shape index (κ1) is 54.6. The average Bonchev–Trinajstić information content (AvgIpc) is 3.61. The van der Waals surface area contributed by atoms with Crippen molar-refractivity contribution in [2.45, 2.75) is 342 Å². The van der Waals surface area contributed by atoms with E-state index in [2.05, 4.69) is 70.0 Å². The molecule has 13 unspecified atom stereocenters. The zero-order chi connectivity index (χ0) is 51.5. The molecule has 2 aliphatic heterocycles. The van der Waals surface area contributed by atoms with Gasteiger partial charge in [0.2, 0.25) is 0 Å². The first-order chi connectivity index (χ1) is 36.9. The van der Waals surface area contributed by atoms with Gasteiger partial charge in [-0.25, -0.2) is 0 Å². The van der Waals surface area contributed by atoms with Gasteiger partial charge < -0.3 is 0 Å². The molecule has 0 radical (unpaired) electrons. The van der Waals surface area contributed by atoms with Crippen LogP contribution < -0.4 is 0 Å². The van der Waals surface area contributed by atoms with E-state index < -0.39 is 0 Å². The molecular formula is C72H120BNS2. The van der Waals surface area contributed by atoms with Crippen LogP contribution in [0.4, 0.5) is 0 Å². The average molecular weight is 1070 g/mol. The molecule has 4 heteroatoms. The highest BCUT2D eigenvalue weighted by atomic mass is 32.2. The Morgan fingerprint density at radius 3 is 1.22 bits per heavy atom. The summed E-state index contributed by atoms with van der Waals surface area (Å²) in [6, 6.07) is 2.67. The summed E-state index contributed by atoms with van der Waals surface area (Å²) in [4.78, 5) is 3.50. The van der Waals surface area contributed by atoms with Gasteiger partial charge in [-0.3, -0.25) is 4.90 Å². The van der Waals surface area contributed by atoms with Crippen LogP contribution in [0.3, 0.4) is 0 Å². The number of fused-ring (bicyclic) bond motifs is 4.